The SMILES string of the molecule is NC(=O)CCc1ccc(NC(N)=O)cc1. The third kappa shape index (κ3) is 4.12. The Balaban J connectivity index is 2.56. The summed E-state index contributed by atoms with van der Waals surface area (Å²) in [5.41, 5.74) is 11.6. The summed E-state index contributed by atoms with van der Waals surface area (Å²) in [6.45, 7) is 0. The van der Waals surface area contributed by atoms with Crippen molar-refractivity contribution in [3.63, 3.8) is 0 Å². The quantitative estimate of drug-likeness (QED) is 0.673. The molecule has 0 aliphatic heterocycles. The molecule has 0 saturated heterocycles. The van der Waals surface area contributed by atoms with Crippen LogP contribution in [0.3, 0.4) is 0 Å². The fourth-order valence-electron chi connectivity index (χ4n) is 1.16. The highest BCUT2D eigenvalue weighted by Crippen LogP contribution is 2.10. The van der Waals surface area contributed by atoms with Crippen molar-refractivity contribution in [1.29, 1.82) is 0 Å². The minimum Gasteiger partial charge on any atom is -0.370 e. The fraction of sp³-hybridized carbons (Fsp3) is 0.200. The van der Waals surface area contributed by atoms with Crippen molar-refractivity contribution in [1.82, 2.24) is 0 Å². The maximum atomic E-state index is 10.5. The third-order valence-corrected chi connectivity index (χ3v) is 1.88. The van der Waals surface area contributed by atoms with Crippen LogP contribution in [0.2, 0.25) is 0 Å². The van der Waals surface area contributed by atoms with Gasteiger partial charge < -0.3 is 16.8 Å². The van der Waals surface area contributed by atoms with Crippen LogP contribution in [0.15, 0.2) is 24.3 Å². The zero-order chi connectivity index (χ0) is 11.3. The highest BCUT2D eigenvalue weighted by Gasteiger charge is 1.99. The number of benzene rings is 1. The van der Waals surface area contributed by atoms with Gasteiger partial charge in [-0.15, -0.1) is 0 Å². The Morgan fingerprint density at radius 3 is 2.20 bits per heavy atom. The second-order valence-corrected chi connectivity index (χ2v) is 3.15. The van der Waals surface area contributed by atoms with Gasteiger partial charge in [0.1, 0.15) is 0 Å². The molecular weight excluding hydrogens is 194 g/mol. The summed E-state index contributed by atoms with van der Waals surface area (Å²) >= 11 is 0. The number of anilines is 1. The molecule has 15 heavy (non-hydrogen) atoms. The number of rotatable bonds is 4. The van der Waals surface area contributed by atoms with Gasteiger partial charge in [-0.2, -0.15) is 0 Å². The minimum atomic E-state index is -0.597. The van der Waals surface area contributed by atoms with E-state index in [4.69, 9.17) is 11.5 Å². The summed E-state index contributed by atoms with van der Waals surface area (Å²) in [5.74, 6) is -0.325. The van der Waals surface area contributed by atoms with Crippen molar-refractivity contribution in [2.24, 2.45) is 11.5 Å². The number of amides is 3. The molecule has 0 aromatic heterocycles. The normalized spacial score (nSPS) is 9.60. The molecule has 5 nitrogen and oxygen atoms in total. The van der Waals surface area contributed by atoms with Gasteiger partial charge in [-0.25, -0.2) is 4.79 Å². The van der Waals surface area contributed by atoms with Crippen molar-refractivity contribution in [2.75, 3.05) is 5.32 Å². The van der Waals surface area contributed by atoms with Crippen molar-refractivity contribution >= 4 is 17.6 Å². The van der Waals surface area contributed by atoms with E-state index in [-0.39, 0.29) is 5.91 Å². The molecule has 3 amide bonds. The average Bonchev–Trinajstić information content (AvgIpc) is 2.16. The van der Waals surface area contributed by atoms with Crippen LogP contribution in [0.25, 0.3) is 0 Å². The van der Waals surface area contributed by atoms with Crippen LogP contribution in [-0.2, 0) is 11.2 Å². The lowest BCUT2D eigenvalue weighted by Gasteiger charge is -2.03. The zero-order valence-electron chi connectivity index (χ0n) is 8.19. The van der Waals surface area contributed by atoms with Crippen LogP contribution >= 0.6 is 0 Å². The number of nitrogens with one attached hydrogen (secondary N) is 1. The third-order valence-electron chi connectivity index (χ3n) is 1.88. The van der Waals surface area contributed by atoms with Gasteiger partial charge in [0.15, 0.2) is 0 Å². The molecule has 0 aliphatic rings. The maximum absolute atomic E-state index is 10.5. The standard InChI is InChI=1S/C10H13N3O2/c11-9(14)6-3-7-1-4-8(5-2-7)13-10(12)15/h1-2,4-5H,3,6H2,(H2,11,14)(H3,12,13,15). The van der Waals surface area contributed by atoms with E-state index in [1.165, 1.54) is 0 Å². The van der Waals surface area contributed by atoms with Crippen LogP contribution in [0.4, 0.5) is 10.5 Å². The predicted molar refractivity (Wildman–Crippen MR) is 57.2 cm³/mol. The van der Waals surface area contributed by atoms with Crippen molar-refractivity contribution < 1.29 is 9.59 Å². The Morgan fingerprint density at radius 2 is 1.73 bits per heavy atom. The molecule has 0 unspecified atom stereocenters. The fourth-order valence-corrected chi connectivity index (χ4v) is 1.16. The molecule has 0 atom stereocenters. The van der Waals surface area contributed by atoms with Gasteiger partial charge in [-0.05, 0) is 24.1 Å². The molecule has 0 aliphatic carbocycles. The van der Waals surface area contributed by atoms with Gasteiger partial charge in [0.05, 0.1) is 0 Å². The van der Waals surface area contributed by atoms with Crippen molar-refractivity contribution in [3.8, 4) is 0 Å². The van der Waals surface area contributed by atoms with Gasteiger partial charge >= 0.3 is 6.03 Å². The topological polar surface area (TPSA) is 98.2 Å². The number of nitrogens with two attached hydrogens (primary N) is 2. The van der Waals surface area contributed by atoms with E-state index in [2.05, 4.69) is 5.32 Å². The van der Waals surface area contributed by atoms with Gasteiger partial charge in [0.2, 0.25) is 5.91 Å². The molecule has 5 N–H and O–H groups in total. The van der Waals surface area contributed by atoms with E-state index >= 15 is 0 Å². The average molecular weight is 207 g/mol. The molecule has 5 heteroatoms. The van der Waals surface area contributed by atoms with Crippen LogP contribution in [0, 0.1) is 0 Å². The summed E-state index contributed by atoms with van der Waals surface area (Å²) in [5, 5.41) is 2.44. The lowest BCUT2D eigenvalue weighted by molar-refractivity contribution is -0.117. The highest BCUT2D eigenvalue weighted by molar-refractivity contribution is 5.87. The number of hydrogen-bond acceptors (Lipinski definition) is 2. The number of carbonyl (C=O) groups excluding carboxylic acids is 2. The van der Waals surface area contributed by atoms with E-state index in [0.29, 0.717) is 18.5 Å². The van der Waals surface area contributed by atoms with Gasteiger partial charge in [-0.1, -0.05) is 12.1 Å². The maximum Gasteiger partial charge on any atom is 0.316 e. The van der Waals surface area contributed by atoms with E-state index < -0.39 is 6.03 Å². The number of aryl methyl sites for hydroxylation is 1. The number of carbonyl (C=O) groups is 2. The number of primary amides is 2. The first-order chi connectivity index (χ1) is 7.08. The van der Waals surface area contributed by atoms with Gasteiger partial charge in [0, 0.05) is 12.1 Å². The van der Waals surface area contributed by atoms with Crippen molar-refractivity contribution in [3.05, 3.63) is 29.8 Å². The molecule has 0 bridgehead atoms. The molecule has 0 radical (unpaired) electrons. The Bertz CT molecular complexity index is 359. The monoisotopic (exact) mass is 207 g/mol. The van der Waals surface area contributed by atoms with Gasteiger partial charge in [0.25, 0.3) is 0 Å². The van der Waals surface area contributed by atoms with Crippen LogP contribution in [-0.4, -0.2) is 11.9 Å². The van der Waals surface area contributed by atoms with Gasteiger partial charge in [-0.3, -0.25) is 4.79 Å². The Kier molecular flexibility index (Phi) is 3.68. The summed E-state index contributed by atoms with van der Waals surface area (Å²) in [6.07, 6.45) is 0.925. The molecule has 0 fully saturated rings. The van der Waals surface area contributed by atoms with E-state index in [9.17, 15) is 9.59 Å². The second-order valence-electron chi connectivity index (χ2n) is 3.15. The molecule has 1 rings (SSSR count). The second kappa shape index (κ2) is 4.99. The Hall–Kier alpha value is -2.04. The molecular formula is C10H13N3O2. The van der Waals surface area contributed by atoms with E-state index in [0.717, 1.165) is 5.56 Å². The van der Waals surface area contributed by atoms with Crippen LogP contribution < -0.4 is 16.8 Å². The summed E-state index contributed by atoms with van der Waals surface area (Å²) in [7, 11) is 0. The van der Waals surface area contributed by atoms with E-state index in [1.54, 1.807) is 12.1 Å². The predicted octanol–water partition coefficient (Wildman–Crippen LogP) is 0.595. The molecule has 1 aromatic rings. The molecule has 1 aromatic carbocycles. The molecule has 0 spiro atoms. The van der Waals surface area contributed by atoms with Crippen molar-refractivity contribution in [2.45, 2.75) is 12.8 Å². The van der Waals surface area contributed by atoms with Crippen LogP contribution in [0.5, 0.6) is 0 Å². The first kappa shape index (κ1) is 11.0. The van der Waals surface area contributed by atoms with E-state index in [1.807, 2.05) is 12.1 Å². The van der Waals surface area contributed by atoms with Crippen LogP contribution in [0.1, 0.15) is 12.0 Å². The summed E-state index contributed by atoms with van der Waals surface area (Å²) in [6, 6.07) is 6.48. The Labute approximate surface area is 87.4 Å². The summed E-state index contributed by atoms with van der Waals surface area (Å²) < 4.78 is 0. The first-order valence-corrected chi connectivity index (χ1v) is 4.51. The number of hydrogen-bond donors (Lipinski definition) is 3. The minimum absolute atomic E-state index is 0.322. The largest absolute Gasteiger partial charge is 0.370 e. The molecule has 80 valence electrons. The smallest absolute Gasteiger partial charge is 0.316 e. The first-order valence-electron chi connectivity index (χ1n) is 4.51. The highest BCUT2D eigenvalue weighted by atomic mass is 16.2. The lowest BCUT2D eigenvalue weighted by Crippen LogP contribution is -2.19. The zero-order valence-corrected chi connectivity index (χ0v) is 8.19. The summed E-state index contributed by atoms with van der Waals surface area (Å²) in [4.78, 5) is 21.1. The Morgan fingerprint density at radius 1 is 1.13 bits per heavy atom. The molecule has 0 heterocycles. The number of urea groups is 1. The molecule has 0 saturated carbocycles. The lowest BCUT2D eigenvalue weighted by atomic mass is 10.1.